The Morgan fingerprint density at radius 3 is 2.45 bits per heavy atom. The van der Waals surface area contributed by atoms with E-state index in [0.29, 0.717) is 43.1 Å². The minimum atomic E-state index is -1.36. The summed E-state index contributed by atoms with van der Waals surface area (Å²) in [5, 5.41) is 9.36. The van der Waals surface area contributed by atoms with Crippen molar-refractivity contribution in [1.29, 1.82) is 0 Å². The molecule has 2 aliphatic rings. The molecule has 0 aliphatic carbocycles. The van der Waals surface area contributed by atoms with Crippen LogP contribution in [0, 0.1) is 5.82 Å². The van der Waals surface area contributed by atoms with E-state index in [4.69, 9.17) is 4.74 Å². The number of halogens is 1. The smallest absolute Gasteiger partial charge is 0.341 e. The van der Waals surface area contributed by atoms with Gasteiger partial charge in [0.15, 0.2) is 11.6 Å². The summed E-state index contributed by atoms with van der Waals surface area (Å²) in [5.74, 6) is -1.71. The largest absolute Gasteiger partial charge is 0.483 e. The van der Waals surface area contributed by atoms with Crippen molar-refractivity contribution in [2.24, 2.45) is 0 Å². The van der Waals surface area contributed by atoms with Crippen molar-refractivity contribution in [3.63, 3.8) is 0 Å². The second-order valence-electron chi connectivity index (χ2n) is 7.64. The molecule has 1 aromatic heterocycles. The molecule has 2 aliphatic heterocycles. The monoisotopic (exact) mass is 421 g/mol. The van der Waals surface area contributed by atoms with Crippen molar-refractivity contribution in [1.82, 2.24) is 4.57 Å². The first-order valence-electron chi connectivity index (χ1n) is 9.96. The minimum Gasteiger partial charge on any atom is -0.483 e. The fourth-order valence-corrected chi connectivity index (χ4v) is 4.30. The van der Waals surface area contributed by atoms with Crippen LogP contribution in [0.4, 0.5) is 15.8 Å². The summed E-state index contributed by atoms with van der Waals surface area (Å²) < 4.78 is 22.7. The number of carbonyl (C=O) groups is 1. The van der Waals surface area contributed by atoms with E-state index in [1.165, 1.54) is 10.8 Å². The summed E-state index contributed by atoms with van der Waals surface area (Å²) in [7, 11) is 0. The topological polar surface area (TPSA) is 75.0 Å². The first kappa shape index (κ1) is 19.2. The van der Waals surface area contributed by atoms with Gasteiger partial charge in [-0.1, -0.05) is 24.8 Å². The maximum Gasteiger partial charge on any atom is 0.341 e. The molecule has 3 heterocycles. The Kier molecular flexibility index (Phi) is 4.43. The van der Waals surface area contributed by atoms with Crippen LogP contribution in [-0.2, 0) is 0 Å². The van der Waals surface area contributed by atoms with E-state index in [9.17, 15) is 14.7 Å². The van der Waals surface area contributed by atoms with Crippen molar-refractivity contribution in [2.45, 2.75) is 0 Å². The molecule has 1 fully saturated rings. The summed E-state index contributed by atoms with van der Waals surface area (Å²) in [6.45, 7) is 6.54. The maximum atomic E-state index is 15.3. The average Bonchev–Trinajstić information content (AvgIpc) is 2.78. The predicted octanol–water partition coefficient (Wildman–Crippen LogP) is 3.03. The zero-order valence-electron chi connectivity index (χ0n) is 16.7. The molecule has 1 N–H and O–H groups in total. The van der Waals surface area contributed by atoms with Gasteiger partial charge in [-0.15, -0.1) is 0 Å². The number of carboxylic acid groups (broad SMARTS) is 1. The van der Waals surface area contributed by atoms with E-state index in [0.717, 1.165) is 11.8 Å². The number of anilines is 2. The standard InChI is InChI=1S/C23H20FN3O4/c1-14-13-31-22-19-16(21(28)17(23(29)30)12-27(14)19)11-18(24)20(22)26-9-7-25(8-10-26)15-5-3-2-4-6-15/h2-6,11-12H,1,7-10,13H2,(H,29,30). The maximum absolute atomic E-state index is 15.3. The number of pyridine rings is 1. The predicted molar refractivity (Wildman–Crippen MR) is 117 cm³/mol. The van der Waals surface area contributed by atoms with Gasteiger partial charge in [0.25, 0.3) is 0 Å². The van der Waals surface area contributed by atoms with Crippen molar-refractivity contribution < 1.29 is 19.0 Å². The average molecular weight is 421 g/mol. The highest BCUT2D eigenvalue weighted by molar-refractivity contribution is 5.99. The molecule has 2 aromatic carbocycles. The molecule has 7 nitrogen and oxygen atoms in total. The summed E-state index contributed by atoms with van der Waals surface area (Å²) in [4.78, 5) is 28.4. The van der Waals surface area contributed by atoms with Gasteiger partial charge in [-0.25, -0.2) is 9.18 Å². The lowest BCUT2D eigenvalue weighted by Crippen LogP contribution is -2.47. The molecule has 5 rings (SSSR count). The molecule has 0 unspecified atom stereocenters. The Morgan fingerprint density at radius 2 is 1.77 bits per heavy atom. The van der Waals surface area contributed by atoms with Crippen LogP contribution < -0.4 is 20.0 Å². The quantitative estimate of drug-likeness (QED) is 0.701. The SMILES string of the molecule is C=C1COc2c(N3CCN(c4ccccc4)CC3)c(F)cc3c(=O)c(C(=O)O)cn1c23. The number of aromatic carboxylic acids is 1. The van der Waals surface area contributed by atoms with E-state index < -0.39 is 22.8 Å². The van der Waals surface area contributed by atoms with Crippen LogP contribution in [0.2, 0.25) is 0 Å². The first-order valence-corrected chi connectivity index (χ1v) is 9.96. The van der Waals surface area contributed by atoms with Crippen molar-refractivity contribution in [3.8, 4) is 5.75 Å². The molecule has 0 spiro atoms. The molecule has 31 heavy (non-hydrogen) atoms. The number of ether oxygens (including phenoxy) is 1. The normalized spacial score (nSPS) is 15.8. The summed E-state index contributed by atoms with van der Waals surface area (Å²) in [5.41, 5.74) is 1.08. The van der Waals surface area contributed by atoms with Crippen LogP contribution in [0.3, 0.4) is 0 Å². The van der Waals surface area contributed by atoms with Crippen molar-refractivity contribution in [2.75, 3.05) is 42.6 Å². The van der Waals surface area contributed by atoms with Gasteiger partial charge in [0.1, 0.15) is 23.4 Å². The van der Waals surface area contributed by atoms with Crippen LogP contribution in [0.1, 0.15) is 10.4 Å². The second-order valence-corrected chi connectivity index (χ2v) is 7.64. The van der Waals surface area contributed by atoms with Gasteiger partial charge in [-0.05, 0) is 18.2 Å². The molecule has 158 valence electrons. The summed E-state index contributed by atoms with van der Waals surface area (Å²) in [6.07, 6.45) is 1.25. The van der Waals surface area contributed by atoms with E-state index in [1.807, 2.05) is 35.2 Å². The molecular formula is C23H20FN3O4. The van der Waals surface area contributed by atoms with E-state index in [1.54, 1.807) is 0 Å². The van der Waals surface area contributed by atoms with Crippen molar-refractivity contribution in [3.05, 3.63) is 70.8 Å². The summed E-state index contributed by atoms with van der Waals surface area (Å²) >= 11 is 0. The van der Waals surface area contributed by atoms with Crippen LogP contribution in [0.25, 0.3) is 16.6 Å². The van der Waals surface area contributed by atoms with E-state index in [-0.39, 0.29) is 17.7 Å². The highest BCUT2D eigenvalue weighted by atomic mass is 19.1. The molecule has 0 bridgehead atoms. The lowest BCUT2D eigenvalue weighted by atomic mass is 10.1. The molecule has 0 amide bonds. The Bertz CT molecular complexity index is 1280. The molecule has 0 atom stereocenters. The fraction of sp³-hybridized carbons (Fsp3) is 0.217. The van der Waals surface area contributed by atoms with E-state index in [2.05, 4.69) is 11.5 Å². The number of aromatic nitrogens is 1. The Morgan fingerprint density at radius 1 is 1.10 bits per heavy atom. The van der Waals surface area contributed by atoms with Crippen LogP contribution in [-0.4, -0.2) is 48.4 Å². The third kappa shape index (κ3) is 3.02. The Balaban J connectivity index is 1.59. The van der Waals surface area contributed by atoms with Crippen LogP contribution in [0.5, 0.6) is 5.75 Å². The number of nitrogens with zero attached hydrogens (tertiary/aromatic N) is 3. The van der Waals surface area contributed by atoms with Gasteiger partial charge in [0.2, 0.25) is 5.43 Å². The number of benzene rings is 2. The number of piperazine rings is 1. The van der Waals surface area contributed by atoms with Gasteiger partial charge < -0.3 is 24.2 Å². The van der Waals surface area contributed by atoms with Crippen LogP contribution in [0.15, 0.2) is 54.0 Å². The highest BCUT2D eigenvalue weighted by Crippen LogP contribution is 2.41. The number of hydrogen-bond donors (Lipinski definition) is 1. The number of rotatable bonds is 3. The molecule has 0 radical (unpaired) electrons. The number of carboxylic acids is 1. The third-order valence-corrected chi connectivity index (χ3v) is 5.84. The minimum absolute atomic E-state index is 0.0279. The Hall–Kier alpha value is -3.81. The second kappa shape index (κ2) is 7.16. The van der Waals surface area contributed by atoms with Gasteiger partial charge >= 0.3 is 5.97 Å². The molecule has 3 aromatic rings. The fourth-order valence-electron chi connectivity index (χ4n) is 4.30. The van der Waals surface area contributed by atoms with Crippen molar-refractivity contribution >= 4 is 33.9 Å². The highest BCUT2D eigenvalue weighted by Gasteiger charge is 2.30. The van der Waals surface area contributed by atoms with Gasteiger partial charge in [-0.3, -0.25) is 4.79 Å². The van der Waals surface area contributed by atoms with Gasteiger partial charge in [0, 0.05) is 38.1 Å². The Labute approximate surface area is 177 Å². The lowest BCUT2D eigenvalue weighted by Gasteiger charge is -2.38. The third-order valence-electron chi connectivity index (χ3n) is 5.84. The zero-order valence-corrected chi connectivity index (χ0v) is 16.7. The lowest BCUT2D eigenvalue weighted by molar-refractivity contribution is 0.0695. The summed E-state index contributed by atoms with van der Waals surface area (Å²) in [6, 6.07) is 11.1. The van der Waals surface area contributed by atoms with Gasteiger partial charge in [0.05, 0.1) is 11.1 Å². The molecule has 1 saturated heterocycles. The first-order chi connectivity index (χ1) is 15.0. The molecular weight excluding hydrogens is 401 g/mol. The number of hydrogen-bond acceptors (Lipinski definition) is 5. The van der Waals surface area contributed by atoms with Gasteiger partial charge in [-0.2, -0.15) is 0 Å². The molecule has 8 heteroatoms. The number of para-hydroxylation sites is 1. The van der Waals surface area contributed by atoms with Crippen LogP contribution >= 0.6 is 0 Å². The zero-order chi connectivity index (χ0) is 21.7. The molecule has 0 saturated carbocycles. The van der Waals surface area contributed by atoms with E-state index >= 15 is 4.39 Å².